The third kappa shape index (κ3) is 1.14. The first-order valence-corrected chi connectivity index (χ1v) is 4.21. The lowest BCUT2D eigenvalue weighted by Crippen LogP contribution is -2.23. The standard InChI is InChI=1S/C9H11NO3/c11-7(6-2-1-5-10-6)9(3-4-9)8(12)13/h1-2,5,7,10-11H,3-4H2,(H,12,13). The lowest BCUT2D eigenvalue weighted by Gasteiger charge is -2.16. The maximum atomic E-state index is 10.8. The van der Waals surface area contributed by atoms with Crippen LogP contribution < -0.4 is 0 Å². The van der Waals surface area contributed by atoms with E-state index in [1.165, 1.54) is 0 Å². The van der Waals surface area contributed by atoms with Crippen molar-refractivity contribution in [1.82, 2.24) is 4.98 Å². The number of aromatic amines is 1. The van der Waals surface area contributed by atoms with E-state index < -0.39 is 17.5 Å². The molecule has 1 aliphatic carbocycles. The minimum Gasteiger partial charge on any atom is -0.481 e. The molecule has 70 valence electrons. The molecular weight excluding hydrogens is 170 g/mol. The van der Waals surface area contributed by atoms with Crippen LogP contribution in [0.4, 0.5) is 0 Å². The number of carboxylic acids is 1. The number of aliphatic carboxylic acids is 1. The van der Waals surface area contributed by atoms with Crippen LogP contribution in [0.25, 0.3) is 0 Å². The summed E-state index contributed by atoms with van der Waals surface area (Å²) in [7, 11) is 0. The number of aliphatic hydroxyl groups is 1. The van der Waals surface area contributed by atoms with E-state index >= 15 is 0 Å². The third-order valence-electron chi connectivity index (χ3n) is 2.65. The van der Waals surface area contributed by atoms with Crippen molar-refractivity contribution in [3.05, 3.63) is 24.0 Å². The lowest BCUT2D eigenvalue weighted by molar-refractivity contribution is -0.148. The molecule has 4 nitrogen and oxygen atoms in total. The molecule has 1 fully saturated rings. The number of H-pyrrole nitrogens is 1. The van der Waals surface area contributed by atoms with E-state index in [1.807, 2.05) is 0 Å². The number of carbonyl (C=O) groups is 1. The molecule has 1 heterocycles. The number of aliphatic hydroxyl groups excluding tert-OH is 1. The van der Waals surface area contributed by atoms with Crippen molar-refractivity contribution in [3.63, 3.8) is 0 Å². The molecular formula is C9H11NO3. The fraction of sp³-hybridized carbons (Fsp3) is 0.444. The van der Waals surface area contributed by atoms with Gasteiger partial charge >= 0.3 is 5.97 Å². The highest BCUT2D eigenvalue weighted by Gasteiger charge is 2.56. The maximum Gasteiger partial charge on any atom is 0.312 e. The Morgan fingerprint density at radius 1 is 1.62 bits per heavy atom. The fourth-order valence-electron chi connectivity index (χ4n) is 1.55. The Hall–Kier alpha value is -1.29. The molecule has 0 saturated heterocycles. The molecule has 1 atom stereocenters. The average Bonchev–Trinajstić information content (AvgIpc) is 2.74. The van der Waals surface area contributed by atoms with E-state index in [2.05, 4.69) is 4.98 Å². The fourth-order valence-corrected chi connectivity index (χ4v) is 1.55. The van der Waals surface area contributed by atoms with Crippen LogP contribution in [0.1, 0.15) is 24.6 Å². The van der Waals surface area contributed by atoms with Crippen molar-refractivity contribution < 1.29 is 15.0 Å². The SMILES string of the molecule is O=C(O)C1(C(O)c2ccc[nH]2)CC1. The normalized spacial score (nSPS) is 21.0. The van der Waals surface area contributed by atoms with E-state index in [0.717, 1.165) is 0 Å². The van der Waals surface area contributed by atoms with E-state index in [1.54, 1.807) is 18.3 Å². The zero-order valence-electron chi connectivity index (χ0n) is 7.03. The Kier molecular flexibility index (Phi) is 1.66. The molecule has 0 aromatic carbocycles. The zero-order valence-corrected chi connectivity index (χ0v) is 7.03. The molecule has 0 spiro atoms. The largest absolute Gasteiger partial charge is 0.481 e. The summed E-state index contributed by atoms with van der Waals surface area (Å²) in [6.45, 7) is 0. The molecule has 0 amide bonds. The first-order chi connectivity index (χ1) is 6.17. The van der Waals surface area contributed by atoms with Crippen molar-refractivity contribution in [2.45, 2.75) is 18.9 Å². The highest BCUT2D eigenvalue weighted by atomic mass is 16.4. The van der Waals surface area contributed by atoms with E-state index in [9.17, 15) is 9.90 Å². The average molecular weight is 181 g/mol. The minimum atomic E-state index is -0.926. The van der Waals surface area contributed by atoms with Crippen molar-refractivity contribution >= 4 is 5.97 Å². The van der Waals surface area contributed by atoms with E-state index in [4.69, 9.17) is 5.11 Å². The summed E-state index contributed by atoms with van der Waals surface area (Å²) in [4.78, 5) is 13.7. The van der Waals surface area contributed by atoms with Gasteiger partial charge in [-0.1, -0.05) is 0 Å². The monoisotopic (exact) mass is 181 g/mol. The van der Waals surface area contributed by atoms with Gasteiger partial charge in [0.1, 0.15) is 6.10 Å². The van der Waals surface area contributed by atoms with Crippen LogP contribution in [0.2, 0.25) is 0 Å². The van der Waals surface area contributed by atoms with Crippen LogP contribution in [0.3, 0.4) is 0 Å². The summed E-state index contributed by atoms with van der Waals surface area (Å²) in [6.07, 6.45) is 1.89. The molecule has 0 radical (unpaired) electrons. The number of aromatic nitrogens is 1. The predicted molar refractivity (Wildman–Crippen MR) is 45.1 cm³/mol. The maximum absolute atomic E-state index is 10.8. The molecule has 1 aromatic rings. The minimum absolute atomic E-state index is 0.558. The zero-order chi connectivity index (χ0) is 9.47. The Labute approximate surface area is 75.2 Å². The quantitative estimate of drug-likeness (QED) is 0.649. The lowest BCUT2D eigenvalue weighted by atomic mass is 9.97. The summed E-state index contributed by atoms with van der Waals surface area (Å²) in [6, 6.07) is 3.45. The summed E-state index contributed by atoms with van der Waals surface area (Å²) in [5.41, 5.74) is -0.342. The second-order valence-electron chi connectivity index (χ2n) is 3.49. The number of rotatable bonds is 3. The van der Waals surface area contributed by atoms with Crippen LogP contribution >= 0.6 is 0 Å². The molecule has 3 N–H and O–H groups in total. The molecule has 1 aromatic heterocycles. The summed E-state index contributed by atoms with van der Waals surface area (Å²) >= 11 is 0. The van der Waals surface area contributed by atoms with Crippen molar-refractivity contribution in [3.8, 4) is 0 Å². The van der Waals surface area contributed by atoms with Crippen molar-refractivity contribution in [2.75, 3.05) is 0 Å². The van der Waals surface area contributed by atoms with Gasteiger partial charge in [0.25, 0.3) is 0 Å². The highest BCUT2D eigenvalue weighted by molar-refractivity contribution is 5.78. The number of carboxylic acid groups (broad SMARTS) is 1. The van der Waals surface area contributed by atoms with Gasteiger partial charge in [-0.05, 0) is 25.0 Å². The molecule has 2 rings (SSSR count). The first kappa shape index (κ1) is 8.31. The van der Waals surface area contributed by atoms with Gasteiger partial charge in [0.05, 0.1) is 5.41 Å². The smallest absolute Gasteiger partial charge is 0.312 e. The molecule has 4 heteroatoms. The predicted octanol–water partition coefficient (Wildman–Crippen LogP) is 0.913. The Balaban J connectivity index is 2.23. The summed E-state index contributed by atoms with van der Waals surface area (Å²) in [5, 5.41) is 18.7. The third-order valence-corrected chi connectivity index (χ3v) is 2.65. The number of hydrogen-bond acceptors (Lipinski definition) is 2. The highest BCUT2D eigenvalue weighted by Crippen LogP contribution is 2.54. The number of hydrogen-bond donors (Lipinski definition) is 3. The van der Waals surface area contributed by atoms with Crippen LogP contribution in [-0.4, -0.2) is 21.2 Å². The second kappa shape index (κ2) is 2.60. The van der Waals surface area contributed by atoms with Gasteiger partial charge < -0.3 is 15.2 Å². The molecule has 13 heavy (non-hydrogen) atoms. The first-order valence-electron chi connectivity index (χ1n) is 4.21. The van der Waals surface area contributed by atoms with Gasteiger partial charge in [-0.3, -0.25) is 4.79 Å². The summed E-state index contributed by atoms with van der Waals surface area (Å²) in [5.74, 6) is -0.908. The van der Waals surface area contributed by atoms with Crippen molar-refractivity contribution in [2.24, 2.45) is 5.41 Å². The van der Waals surface area contributed by atoms with E-state index in [0.29, 0.717) is 18.5 Å². The van der Waals surface area contributed by atoms with Crippen LogP contribution in [-0.2, 0) is 4.79 Å². The Bertz CT molecular complexity index is 314. The molecule has 1 saturated carbocycles. The summed E-state index contributed by atoms with van der Waals surface area (Å²) < 4.78 is 0. The molecule has 1 unspecified atom stereocenters. The van der Waals surface area contributed by atoms with Crippen LogP contribution in [0.5, 0.6) is 0 Å². The van der Waals surface area contributed by atoms with Crippen LogP contribution in [0.15, 0.2) is 18.3 Å². The van der Waals surface area contributed by atoms with Gasteiger partial charge in [0, 0.05) is 11.9 Å². The Morgan fingerprint density at radius 3 is 2.69 bits per heavy atom. The van der Waals surface area contributed by atoms with Gasteiger partial charge in [-0.25, -0.2) is 0 Å². The van der Waals surface area contributed by atoms with Crippen LogP contribution in [0, 0.1) is 5.41 Å². The molecule has 0 aliphatic heterocycles. The Morgan fingerprint density at radius 2 is 2.31 bits per heavy atom. The van der Waals surface area contributed by atoms with Gasteiger partial charge in [0.15, 0.2) is 0 Å². The molecule has 1 aliphatic rings. The topological polar surface area (TPSA) is 73.3 Å². The molecule has 0 bridgehead atoms. The van der Waals surface area contributed by atoms with Crippen molar-refractivity contribution in [1.29, 1.82) is 0 Å². The van der Waals surface area contributed by atoms with Gasteiger partial charge in [0.2, 0.25) is 0 Å². The van der Waals surface area contributed by atoms with E-state index in [-0.39, 0.29) is 0 Å². The second-order valence-corrected chi connectivity index (χ2v) is 3.49. The number of nitrogens with one attached hydrogen (secondary N) is 1. The van der Waals surface area contributed by atoms with Gasteiger partial charge in [-0.15, -0.1) is 0 Å². The van der Waals surface area contributed by atoms with Gasteiger partial charge in [-0.2, -0.15) is 0 Å².